The van der Waals surface area contributed by atoms with Gasteiger partial charge in [-0.3, -0.25) is 10.2 Å². The van der Waals surface area contributed by atoms with Gasteiger partial charge in [0.15, 0.2) is 0 Å². The first-order chi connectivity index (χ1) is 6.68. The highest BCUT2D eigenvalue weighted by molar-refractivity contribution is 5.83. The third-order valence-electron chi connectivity index (χ3n) is 1.22. The first kappa shape index (κ1) is 10.4. The molecule has 0 saturated carbocycles. The number of halogens is 2. The lowest BCUT2D eigenvalue weighted by atomic mass is 10.3. The van der Waals surface area contributed by atoms with Crippen molar-refractivity contribution in [3.05, 3.63) is 30.3 Å². The standard InChI is InChI=1S/C8H7F2NO3/c9-7(10)13-14-8(12)11-6-4-2-1-3-5-6/h1-5,7H,(H,11,12). The highest BCUT2D eigenvalue weighted by Gasteiger charge is 2.08. The second-order valence-corrected chi connectivity index (χ2v) is 2.22. The fourth-order valence-electron chi connectivity index (χ4n) is 0.740. The number of carbonyl (C=O) groups excluding carboxylic acids is 1. The second-order valence-electron chi connectivity index (χ2n) is 2.22. The molecule has 4 nitrogen and oxygen atoms in total. The van der Waals surface area contributed by atoms with Crippen LogP contribution in [-0.2, 0) is 9.78 Å². The smallest absolute Gasteiger partial charge is 0.289 e. The van der Waals surface area contributed by atoms with E-state index in [9.17, 15) is 13.6 Å². The first-order valence-electron chi connectivity index (χ1n) is 3.66. The van der Waals surface area contributed by atoms with Gasteiger partial charge in [-0.2, -0.15) is 8.78 Å². The van der Waals surface area contributed by atoms with Crippen molar-refractivity contribution in [2.24, 2.45) is 0 Å². The minimum absolute atomic E-state index is 0.426. The van der Waals surface area contributed by atoms with E-state index in [1.54, 1.807) is 30.3 Å². The number of amides is 1. The minimum atomic E-state index is -3.14. The summed E-state index contributed by atoms with van der Waals surface area (Å²) in [6.45, 7) is -3.14. The molecule has 0 radical (unpaired) electrons. The molecule has 14 heavy (non-hydrogen) atoms. The lowest BCUT2D eigenvalue weighted by Crippen LogP contribution is -2.15. The number of anilines is 1. The van der Waals surface area contributed by atoms with E-state index in [-0.39, 0.29) is 0 Å². The molecule has 6 heteroatoms. The van der Waals surface area contributed by atoms with E-state index in [0.717, 1.165) is 0 Å². The molecule has 0 saturated heterocycles. The normalized spacial score (nSPS) is 9.93. The molecule has 0 aliphatic rings. The molecule has 0 atom stereocenters. The van der Waals surface area contributed by atoms with E-state index in [4.69, 9.17) is 0 Å². The van der Waals surface area contributed by atoms with Crippen LogP contribution in [0.4, 0.5) is 19.3 Å². The van der Waals surface area contributed by atoms with Crippen LogP contribution in [-0.4, -0.2) is 12.7 Å². The van der Waals surface area contributed by atoms with Crippen LogP contribution < -0.4 is 5.32 Å². The summed E-state index contributed by atoms with van der Waals surface area (Å²) in [6.07, 6.45) is -1.10. The third kappa shape index (κ3) is 3.81. The summed E-state index contributed by atoms with van der Waals surface area (Å²) in [5.41, 5.74) is 0.426. The predicted octanol–water partition coefficient (Wildman–Crippen LogP) is 2.39. The van der Waals surface area contributed by atoms with Crippen LogP contribution in [0.3, 0.4) is 0 Å². The Hall–Kier alpha value is -1.69. The van der Waals surface area contributed by atoms with Crippen molar-refractivity contribution in [2.45, 2.75) is 6.61 Å². The van der Waals surface area contributed by atoms with Crippen molar-refractivity contribution < 1.29 is 23.4 Å². The van der Waals surface area contributed by atoms with Crippen LogP contribution in [0.2, 0.25) is 0 Å². The Balaban J connectivity index is 2.35. The topological polar surface area (TPSA) is 47.6 Å². The molecular weight excluding hydrogens is 196 g/mol. The summed E-state index contributed by atoms with van der Waals surface area (Å²) in [6, 6.07) is 8.23. The van der Waals surface area contributed by atoms with Gasteiger partial charge >= 0.3 is 12.7 Å². The van der Waals surface area contributed by atoms with Crippen molar-refractivity contribution in [1.29, 1.82) is 0 Å². The van der Waals surface area contributed by atoms with E-state index in [0.29, 0.717) is 5.69 Å². The number of hydrogen-bond donors (Lipinski definition) is 1. The van der Waals surface area contributed by atoms with Crippen LogP contribution in [0, 0.1) is 0 Å². The lowest BCUT2D eigenvalue weighted by molar-refractivity contribution is -0.341. The fourth-order valence-corrected chi connectivity index (χ4v) is 0.740. The number of carbonyl (C=O) groups is 1. The van der Waals surface area contributed by atoms with E-state index in [2.05, 4.69) is 15.1 Å². The van der Waals surface area contributed by atoms with Crippen LogP contribution in [0.5, 0.6) is 0 Å². The summed E-state index contributed by atoms with van der Waals surface area (Å²) in [4.78, 5) is 17.8. The lowest BCUT2D eigenvalue weighted by Gasteiger charge is -2.03. The van der Waals surface area contributed by atoms with E-state index < -0.39 is 12.7 Å². The van der Waals surface area contributed by atoms with Crippen molar-refractivity contribution in [3.8, 4) is 0 Å². The molecule has 0 bridgehead atoms. The number of para-hydroxylation sites is 1. The van der Waals surface area contributed by atoms with Crippen LogP contribution >= 0.6 is 0 Å². The molecule has 1 aromatic carbocycles. The molecule has 1 rings (SSSR count). The van der Waals surface area contributed by atoms with Crippen molar-refractivity contribution in [1.82, 2.24) is 0 Å². The van der Waals surface area contributed by atoms with Crippen LogP contribution in [0.15, 0.2) is 30.3 Å². The fraction of sp³-hybridized carbons (Fsp3) is 0.125. The van der Waals surface area contributed by atoms with Gasteiger partial charge in [0.2, 0.25) is 0 Å². The monoisotopic (exact) mass is 203 g/mol. The Labute approximate surface area is 78.4 Å². The molecule has 1 aromatic rings. The maximum absolute atomic E-state index is 11.4. The van der Waals surface area contributed by atoms with Crippen molar-refractivity contribution in [2.75, 3.05) is 5.32 Å². The van der Waals surface area contributed by atoms with Gasteiger partial charge in [0.25, 0.3) is 0 Å². The zero-order valence-corrected chi connectivity index (χ0v) is 6.94. The zero-order chi connectivity index (χ0) is 10.4. The highest BCUT2D eigenvalue weighted by Crippen LogP contribution is 2.06. The Bertz CT molecular complexity index is 292. The maximum atomic E-state index is 11.4. The van der Waals surface area contributed by atoms with Gasteiger partial charge in [-0.15, -0.1) is 4.89 Å². The molecule has 0 aliphatic carbocycles. The number of nitrogens with one attached hydrogen (secondary N) is 1. The average molecular weight is 203 g/mol. The predicted molar refractivity (Wildman–Crippen MR) is 43.6 cm³/mol. The maximum Gasteiger partial charge on any atom is 0.443 e. The molecule has 0 heterocycles. The summed E-state index contributed by atoms with van der Waals surface area (Å²) in [7, 11) is 0. The summed E-state index contributed by atoms with van der Waals surface area (Å²) in [5, 5.41) is 2.18. The Morgan fingerprint density at radius 3 is 2.50 bits per heavy atom. The molecule has 0 unspecified atom stereocenters. The van der Waals surface area contributed by atoms with Crippen molar-refractivity contribution in [3.63, 3.8) is 0 Å². The molecule has 0 fully saturated rings. The number of rotatable bonds is 3. The second kappa shape index (κ2) is 5.13. The molecular formula is C8H7F2NO3. The minimum Gasteiger partial charge on any atom is -0.289 e. The SMILES string of the molecule is O=C(Nc1ccccc1)OOC(F)F. The van der Waals surface area contributed by atoms with Gasteiger partial charge in [0.05, 0.1) is 0 Å². The van der Waals surface area contributed by atoms with Gasteiger partial charge in [0.1, 0.15) is 0 Å². The van der Waals surface area contributed by atoms with E-state index in [1.165, 1.54) is 0 Å². The zero-order valence-electron chi connectivity index (χ0n) is 6.94. The van der Waals surface area contributed by atoms with Gasteiger partial charge in [-0.1, -0.05) is 18.2 Å². The average Bonchev–Trinajstić information content (AvgIpc) is 2.16. The molecule has 0 spiro atoms. The summed E-state index contributed by atoms with van der Waals surface area (Å²) in [5.74, 6) is 0. The molecule has 0 aliphatic heterocycles. The molecule has 76 valence electrons. The van der Waals surface area contributed by atoms with Crippen molar-refractivity contribution >= 4 is 11.8 Å². The Kier molecular flexibility index (Phi) is 3.81. The van der Waals surface area contributed by atoms with Crippen LogP contribution in [0.1, 0.15) is 0 Å². The summed E-state index contributed by atoms with van der Waals surface area (Å²) >= 11 is 0. The Morgan fingerprint density at radius 2 is 1.93 bits per heavy atom. The van der Waals surface area contributed by atoms with Gasteiger partial charge in [-0.05, 0) is 12.1 Å². The van der Waals surface area contributed by atoms with Gasteiger partial charge in [-0.25, -0.2) is 4.79 Å². The largest absolute Gasteiger partial charge is 0.443 e. The van der Waals surface area contributed by atoms with Gasteiger partial charge in [0, 0.05) is 5.69 Å². The summed E-state index contributed by atoms with van der Waals surface area (Å²) < 4.78 is 22.8. The van der Waals surface area contributed by atoms with E-state index >= 15 is 0 Å². The first-order valence-corrected chi connectivity index (χ1v) is 3.66. The number of alkyl halides is 2. The van der Waals surface area contributed by atoms with Crippen LogP contribution in [0.25, 0.3) is 0 Å². The van der Waals surface area contributed by atoms with E-state index in [1.807, 2.05) is 0 Å². The van der Waals surface area contributed by atoms with Gasteiger partial charge < -0.3 is 0 Å². The third-order valence-corrected chi connectivity index (χ3v) is 1.22. The quantitative estimate of drug-likeness (QED) is 0.606. The molecule has 1 amide bonds. The highest BCUT2D eigenvalue weighted by atomic mass is 19.3. The number of hydrogen-bond acceptors (Lipinski definition) is 3. The number of benzene rings is 1. The Morgan fingerprint density at radius 1 is 1.29 bits per heavy atom. The molecule has 1 N–H and O–H groups in total. The molecule has 0 aromatic heterocycles.